The van der Waals surface area contributed by atoms with Crippen LogP contribution in [0.15, 0.2) is 53.9 Å². The Hall–Kier alpha value is -2.51. The summed E-state index contributed by atoms with van der Waals surface area (Å²) in [6.07, 6.45) is 0. The van der Waals surface area contributed by atoms with E-state index in [1.54, 1.807) is 36.7 Å². The van der Waals surface area contributed by atoms with Gasteiger partial charge in [-0.25, -0.2) is 4.98 Å². The number of benzene rings is 2. The third-order valence-corrected chi connectivity index (χ3v) is 4.84. The van der Waals surface area contributed by atoms with Gasteiger partial charge in [0.05, 0.1) is 0 Å². The number of alkyl halides is 2. The number of carbonyl (C=O) groups is 1. The van der Waals surface area contributed by atoms with Crippen molar-refractivity contribution in [3.05, 3.63) is 70.2 Å². The summed E-state index contributed by atoms with van der Waals surface area (Å²) in [5, 5.41) is 3.02. The van der Waals surface area contributed by atoms with Gasteiger partial charge < -0.3 is 9.64 Å². The molecular formula is C19H15ClF2N2O2S. The lowest BCUT2D eigenvalue weighted by Gasteiger charge is -2.16. The van der Waals surface area contributed by atoms with Gasteiger partial charge in [0.15, 0.2) is 0 Å². The monoisotopic (exact) mass is 408 g/mol. The lowest BCUT2D eigenvalue weighted by Crippen LogP contribution is -2.26. The molecule has 0 aliphatic heterocycles. The van der Waals surface area contributed by atoms with Crippen molar-refractivity contribution in [2.45, 2.75) is 13.2 Å². The summed E-state index contributed by atoms with van der Waals surface area (Å²) in [5.74, 6) is -0.152. The molecule has 140 valence electrons. The molecule has 0 saturated carbocycles. The van der Waals surface area contributed by atoms with Crippen molar-refractivity contribution < 1.29 is 18.3 Å². The molecule has 1 heterocycles. The van der Waals surface area contributed by atoms with E-state index in [0.29, 0.717) is 22.3 Å². The Labute approximate surface area is 164 Å². The van der Waals surface area contributed by atoms with E-state index < -0.39 is 6.61 Å². The predicted molar refractivity (Wildman–Crippen MR) is 101 cm³/mol. The van der Waals surface area contributed by atoms with Crippen molar-refractivity contribution in [3.63, 3.8) is 0 Å². The van der Waals surface area contributed by atoms with Crippen molar-refractivity contribution >= 4 is 28.8 Å². The SMILES string of the molecule is CN(Cc1ccc(OC(F)F)cc1)C(=O)c1csc(-c2cccc(Cl)c2)n1. The first-order valence-electron chi connectivity index (χ1n) is 7.93. The second-order valence-electron chi connectivity index (χ2n) is 5.73. The third-order valence-electron chi connectivity index (χ3n) is 3.71. The van der Waals surface area contributed by atoms with E-state index in [0.717, 1.165) is 11.1 Å². The Balaban J connectivity index is 1.67. The number of hydrogen-bond donors (Lipinski definition) is 0. The Morgan fingerprint density at radius 3 is 2.67 bits per heavy atom. The minimum atomic E-state index is -2.86. The third kappa shape index (κ3) is 5.02. The fourth-order valence-corrected chi connectivity index (χ4v) is 3.42. The summed E-state index contributed by atoms with van der Waals surface area (Å²) in [6, 6.07) is 13.4. The van der Waals surface area contributed by atoms with Crippen molar-refractivity contribution in [1.82, 2.24) is 9.88 Å². The molecule has 0 aliphatic carbocycles. The van der Waals surface area contributed by atoms with E-state index in [1.807, 2.05) is 12.1 Å². The predicted octanol–water partition coefficient (Wildman–Crippen LogP) is 5.34. The molecular weight excluding hydrogens is 394 g/mol. The zero-order valence-electron chi connectivity index (χ0n) is 14.2. The highest BCUT2D eigenvalue weighted by atomic mass is 35.5. The summed E-state index contributed by atoms with van der Waals surface area (Å²) in [7, 11) is 1.66. The van der Waals surface area contributed by atoms with E-state index in [9.17, 15) is 13.6 Å². The second-order valence-corrected chi connectivity index (χ2v) is 7.03. The molecule has 3 aromatic rings. The molecule has 4 nitrogen and oxygen atoms in total. The van der Waals surface area contributed by atoms with Crippen molar-refractivity contribution in [2.24, 2.45) is 0 Å². The largest absolute Gasteiger partial charge is 0.435 e. The van der Waals surface area contributed by atoms with Crippen LogP contribution in [0, 0.1) is 0 Å². The van der Waals surface area contributed by atoms with Crippen LogP contribution in [-0.4, -0.2) is 29.5 Å². The molecule has 3 rings (SSSR count). The molecule has 0 spiro atoms. The van der Waals surface area contributed by atoms with Crippen LogP contribution < -0.4 is 4.74 Å². The van der Waals surface area contributed by atoms with Crippen LogP contribution in [0.5, 0.6) is 5.75 Å². The topological polar surface area (TPSA) is 42.4 Å². The van der Waals surface area contributed by atoms with Gasteiger partial charge in [-0.05, 0) is 29.8 Å². The van der Waals surface area contributed by atoms with Gasteiger partial charge in [-0.15, -0.1) is 11.3 Å². The van der Waals surface area contributed by atoms with Crippen LogP contribution in [-0.2, 0) is 6.54 Å². The van der Waals surface area contributed by atoms with Crippen LogP contribution in [0.2, 0.25) is 5.02 Å². The Bertz CT molecular complexity index is 931. The van der Waals surface area contributed by atoms with E-state index in [1.165, 1.54) is 28.4 Å². The Morgan fingerprint density at radius 1 is 1.26 bits per heavy atom. The standard InChI is InChI=1S/C19H15ClF2N2O2S/c1-24(10-12-5-7-15(8-6-12)26-19(21)22)18(25)16-11-27-17(23-16)13-3-2-4-14(20)9-13/h2-9,11,19H,10H2,1H3. The smallest absolute Gasteiger partial charge is 0.387 e. The van der Waals surface area contributed by atoms with Crippen LogP contribution in [0.1, 0.15) is 16.1 Å². The number of aromatic nitrogens is 1. The maximum absolute atomic E-state index is 12.6. The minimum absolute atomic E-state index is 0.0772. The van der Waals surface area contributed by atoms with Gasteiger partial charge in [-0.1, -0.05) is 35.9 Å². The number of carbonyl (C=O) groups excluding carboxylic acids is 1. The van der Waals surface area contributed by atoms with Gasteiger partial charge in [0.1, 0.15) is 16.5 Å². The molecule has 0 fully saturated rings. The molecule has 0 bridgehead atoms. The minimum Gasteiger partial charge on any atom is -0.435 e. The first kappa shape index (κ1) is 19.3. The van der Waals surface area contributed by atoms with Gasteiger partial charge in [0.25, 0.3) is 5.91 Å². The van der Waals surface area contributed by atoms with Crippen molar-refractivity contribution in [3.8, 4) is 16.3 Å². The highest BCUT2D eigenvalue weighted by Crippen LogP contribution is 2.26. The van der Waals surface area contributed by atoms with Gasteiger partial charge >= 0.3 is 6.61 Å². The Morgan fingerprint density at radius 2 is 2.00 bits per heavy atom. The van der Waals surface area contributed by atoms with Crippen LogP contribution >= 0.6 is 22.9 Å². The zero-order chi connectivity index (χ0) is 19.4. The lowest BCUT2D eigenvalue weighted by molar-refractivity contribution is -0.0498. The first-order valence-corrected chi connectivity index (χ1v) is 9.19. The first-order chi connectivity index (χ1) is 12.9. The van der Waals surface area contributed by atoms with E-state index in [2.05, 4.69) is 9.72 Å². The maximum atomic E-state index is 12.6. The highest BCUT2D eigenvalue weighted by molar-refractivity contribution is 7.13. The van der Waals surface area contributed by atoms with Crippen LogP contribution in [0.3, 0.4) is 0 Å². The number of ether oxygens (including phenoxy) is 1. The van der Waals surface area contributed by atoms with E-state index >= 15 is 0 Å². The molecule has 1 amide bonds. The van der Waals surface area contributed by atoms with Gasteiger partial charge in [-0.3, -0.25) is 4.79 Å². The summed E-state index contributed by atoms with van der Waals surface area (Å²) >= 11 is 7.36. The van der Waals surface area contributed by atoms with E-state index in [-0.39, 0.29) is 11.7 Å². The lowest BCUT2D eigenvalue weighted by atomic mass is 10.2. The molecule has 0 atom stereocenters. The number of nitrogens with zero attached hydrogens (tertiary/aromatic N) is 2. The number of thiazole rings is 1. The second kappa shape index (κ2) is 8.45. The number of hydrogen-bond acceptors (Lipinski definition) is 4. The summed E-state index contributed by atoms with van der Waals surface area (Å²) in [4.78, 5) is 18.5. The number of amides is 1. The highest BCUT2D eigenvalue weighted by Gasteiger charge is 2.17. The molecule has 2 aromatic carbocycles. The van der Waals surface area contributed by atoms with Gasteiger partial charge in [0.2, 0.25) is 0 Å². The molecule has 0 unspecified atom stereocenters. The normalized spacial score (nSPS) is 10.9. The molecule has 0 aliphatic rings. The average Bonchev–Trinajstić information content (AvgIpc) is 3.12. The molecule has 0 radical (unpaired) electrons. The maximum Gasteiger partial charge on any atom is 0.387 e. The van der Waals surface area contributed by atoms with Crippen molar-refractivity contribution in [2.75, 3.05) is 7.05 Å². The average molecular weight is 409 g/mol. The quantitative estimate of drug-likeness (QED) is 0.553. The summed E-state index contributed by atoms with van der Waals surface area (Å²) < 4.78 is 28.7. The van der Waals surface area contributed by atoms with Crippen LogP contribution in [0.4, 0.5) is 8.78 Å². The number of halogens is 3. The molecule has 8 heteroatoms. The van der Waals surface area contributed by atoms with Crippen molar-refractivity contribution in [1.29, 1.82) is 0 Å². The fourth-order valence-electron chi connectivity index (χ4n) is 2.44. The molecule has 1 aromatic heterocycles. The number of rotatable bonds is 6. The zero-order valence-corrected chi connectivity index (χ0v) is 15.8. The molecule has 0 saturated heterocycles. The Kier molecular flexibility index (Phi) is 6.03. The fraction of sp³-hybridized carbons (Fsp3) is 0.158. The molecule has 0 N–H and O–H groups in total. The summed E-state index contributed by atoms with van der Waals surface area (Å²) in [5.41, 5.74) is 1.98. The summed E-state index contributed by atoms with van der Waals surface area (Å²) in [6.45, 7) is -2.55. The van der Waals surface area contributed by atoms with E-state index in [4.69, 9.17) is 11.6 Å². The van der Waals surface area contributed by atoms with Gasteiger partial charge in [0, 0.05) is 29.6 Å². The van der Waals surface area contributed by atoms with Gasteiger partial charge in [-0.2, -0.15) is 8.78 Å². The van der Waals surface area contributed by atoms with Crippen LogP contribution in [0.25, 0.3) is 10.6 Å². The molecule has 27 heavy (non-hydrogen) atoms.